The Kier molecular flexibility index (Phi) is 7.49. The number of para-hydroxylation sites is 1. The molecule has 7 heteroatoms. The van der Waals surface area contributed by atoms with Crippen molar-refractivity contribution in [2.75, 3.05) is 5.32 Å². The zero-order chi connectivity index (χ0) is 23.1. The molecule has 166 valence electrons. The van der Waals surface area contributed by atoms with Crippen molar-refractivity contribution in [2.45, 2.75) is 51.0 Å². The smallest absolute Gasteiger partial charge is 0.221 e. The summed E-state index contributed by atoms with van der Waals surface area (Å²) in [4.78, 5) is 10.9. The van der Waals surface area contributed by atoms with Gasteiger partial charge in [0.25, 0.3) is 0 Å². The van der Waals surface area contributed by atoms with Gasteiger partial charge in [-0.1, -0.05) is 44.4 Å². The third-order valence-electron chi connectivity index (χ3n) is 5.24. The molecule has 2 aromatic carbocycles. The van der Waals surface area contributed by atoms with Gasteiger partial charge in [-0.3, -0.25) is 4.79 Å². The largest absolute Gasteiger partial charge is 0.347 e. The molecule has 1 amide bonds. The van der Waals surface area contributed by atoms with Crippen LogP contribution in [0.5, 0.6) is 0 Å². The third kappa shape index (κ3) is 5.27. The molecule has 1 aromatic heterocycles. The van der Waals surface area contributed by atoms with Crippen LogP contribution >= 0.6 is 0 Å². The van der Waals surface area contributed by atoms with Crippen molar-refractivity contribution in [1.29, 1.82) is 5.26 Å². The number of amides is 1. The summed E-state index contributed by atoms with van der Waals surface area (Å²) in [5.74, 6) is -0.246. The number of fused-ring (bicyclic) bond motifs is 1. The van der Waals surface area contributed by atoms with Crippen LogP contribution in [0.1, 0.15) is 45.1 Å². The van der Waals surface area contributed by atoms with Gasteiger partial charge in [-0.25, -0.2) is 8.42 Å². The molecule has 1 N–H and O–H groups in total. The van der Waals surface area contributed by atoms with Gasteiger partial charge < -0.3 is 9.88 Å². The number of aryl methyl sites for hydroxylation is 1. The summed E-state index contributed by atoms with van der Waals surface area (Å²) in [6.45, 7) is 4.39. The number of aromatic nitrogens is 1. The maximum Gasteiger partial charge on any atom is 0.221 e. The van der Waals surface area contributed by atoms with E-state index in [1.165, 1.54) is 43.7 Å². The molecule has 0 aliphatic carbocycles. The van der Waals surface area contributed by atoms with Crippen molar-refractivity contribution in [3.63, 3.8) is 0 Å². The number of unbranched alkanes of at least 4 members (excludes halogenated alkanes) is 3. The van der Waals surface area contributed by atoms with Gasteiger partial charge in [0.05, 0.1) is 4.90 Å². The van der Waals surface area contributed by atoms with Crippen LogP contribution in [0.15, 0.2) is 64.5 Å². The molecule has 0 bridgehead atoms. The summed E-state index contributed by atoms with van der Waals surface area (Å²) in [6.07, 6.45) is 7.89. The summed E-state index contributed by atoms with van der Waals surface area (Å²) in [5, 5.41) is 13.2. The Morgan fingerprint density at radius 1 is 1.09 bits per heavy atom. The molecule has 0 fully saturated rings. The molecule has 0 unspecified atom stereocenters. The Morgan fingerprint density at radius 2 is 1.81 bits per heavy atom. The number of nitrogens with zero attached hydrogens (tertiary/aromatic N) is 2. The highest BCUT2D eigenvalue weighted by Gasteiger charge is 2.22. The molecule has 0 saturated carbocycles. The number of hydrogen-bond acceptors (Lipinski definition) is 4. The highest BCUT2D eigenvalue weighted by molar-refractivity contribution is 7.95. The fraction of sp³-hybridized carbons (Fsp3) is 0.280. The predicted molar refractivity (Wildman–Crippen MR) is 128 cm³/mol. The van der Waals surface area contributed by atoms with Gasteiger partial charge in [0.1, 0.15) is 11.0 Å². The number of allylic oxidation sites excluding steroid dienone is 1. The van der Waals surface area contributed by atoms with Gasteiger partial charge in [0.15, 0.2) is 0 Å². The first-order chi connectivity index (χ1) is 15.4. The lowest BCUT2D eigenvalue weighted by Crippen LogP contribution is -2.07. The lowest BCUT2D eigenvalue weighted by molar-refractivity contribution is -0.114. The Morgan fingerprint density at radius 3 is 2.47 bits per heavy atom. The lowest BCUT2D eigenvalue weighted by atomic mass is 10.1. The number of carbonyl (C=O) groups excluding carboxylic acids is 1. The summed E-state index contributed by atoms with van der Waals surface area (Å²) >= 11 is 0. The Bertz CT molecular complexity index is 1280. The van der Waals surface area contributed by atoms with Crippen molar-refractivity contribution in [2.24, 2.45) is 0 Å². The van der Waals surface area contributed by atoms with Crippen molar-refractivity contribution in [3.8, 4) is 6.07 Å². The number of nitriles is 1. The molecular formula is C25H27N3O3S. The number of hydrogen-bond donors (Lipinski definition) is 1. The van der Waals surface area contributed by atoms with E-state index < -0.39 is 9.84 Å². The average molecular weight is 450 g/mol. The van der Waals surface area contributed by atoms with E-state index in [0.29, 0.717) is 11.3 Å². The molecule has 0 saturated heterocycles. The maximum absolute atomic E-state index is 13.1. The first kappa shape index (κ1) is 23.3. The number of nitrogens with one attached hydrogen (secondary N) is 1. The minimum absolute atomic E-state index is 0.00251. The SMILES string of the molecule is CCCCCCn1cc(/C=C(\C#N)S(=O)(=O)c2ccc(NC(C)=O)cc2)c2ccccc21. The molecule has 6 nitrogen and oxygen atoms in total. The number of sulfone groups is 1. The second kappa shape index (κ2) is 10.3. The van der Waals surface area contributed by atoms with Gasteiger partial charge in [0, 0.05) is 41.8 Å². The zero-order valence-electron chi connectivity index (χ0n) is 18.3. The molecule has 0 atom stereocenters. The van der Waals surface area contributed by atoms with Crippen LogP contribution in [0.2, 0.25) is 0 Å². The van der Waals surface area contributed by atoms with E-state index in [1.807, 2.05) is 36.5 Å². The molecule has 0 radical (unpaired) electrons. The topological polar surface area (TPSA) is 92.0 Å². The molecule has 3 rings (SSSR count). The highest BCUT2D eigenvalue weighted by atomic mass is 32.2. The highest BCUT2D eigenvalue weighted by Crippen LogP contribution is 2.28. The van der Waals surface area contributed by atoms with E-state index in [4.69, 9.17) is 0 Å². The van der Waals surface area contributed by atoms with Gasteiger partial charge >= 0.3 is 0 Å². The van der Waals surface area contributed by atoms with E-state index in [0.717, 1.165) is 36.7 Å². The van der Waals surface area contributed by atoms with E-state index in [2.05, 4.69) is 16.8 Å². The second-order valence-electron chi connectivity index (χ2n) is 7.69. The Balaban J connectivity index is 1.96. The van der Waals surface area contributed by atoms with Crippen molar-refractivity contribution >= 4 is 38.4 Å². The monoisotopic (exact) mass is 449 g/mol. The molecule has 0 spiro atoms. The molecule has 0 aliphatic heterocycles. The Labute approximate surface area is 189 Å². The fourth-order valence-electron chi connectivity index (χ4n) is 3.64. The molecule has 3 aromatic rings. The van der Waals surface area contributed by atoms with Crippen LogP contribution in [0, 0.1) is 11.3 Å². The summed E-state index contributed by atoms with van der Waals surface area (Å²) in [6, 6.07) is 15.5. The minimum Gasteiger partial charge on any atom is -0.347 e. The minimum atomic E-state index is -4.00. The van der Waals surface area contributed by atoms with Crippen LogP contribution in [0.25, 0.3) is 17.0 Å². The third-order valence-corrected chi connectivity index (χ3v) is 6.92. The average Bonchev–Trinajstić information content (AvgIpc) is 3.12. The van der Waals surface area contributed by atoms with Gasteiger partial charge in [-0.05, 0) is 42.8 Å². The van der Waals surface area contributed by atoms with Crippen LogP contribution in [-0.2, 0) is 21.2 Å². The Hall–Kier alpha value is -3.37. The number of anilines is 1. The fourth-order valence-corrected chi connectivity index (χ4v) is 4.79. The summed E-state index contributed by atoms with van der Waals surface area (Å²) in [7, 11) is -4.00. The molecule has 0 aliphatic rings. The molecule has 1 heterocycles. The van der Waals surface area contributed by atoms with Crippen molar-refractivity contribution in [1.82, 2.24) is 4.57 Å². The quantitative estimate of drug-likeness (QED) is 0.344. The van der Waals surface area contributed by atoms with Gasteiger partial charge in [0.2, 0.25) is 15.7 Å². The van der Waals surface area contributed by atoms with E-state index in [9.17, 15) is 18.5 Å². The van der Waals surface area contributed by atoms with E-state index in [-0.39, 0.29) is 15.7 Å². The second-order valence-corrected chi connectivity index (χ2v) is 9.60. The standard InChI is InChI=1S/C25H27N3O3S/c1-3-4-5-8-15-28-18-20(24-9-6-7-10-25(24)28)16-23(17-26)32(30,31)22-13-11-21(12-14-22)27-19(2)29/h6-7,9-14,16,18H,3-5,8,15H2,1-2H3,(H,27,29)/b23-16+. The summed E-state index contributed by atoms with van der Waals surface area (Å²) in [5.41, 5.74) is 2.21. The van der Waals surface area contributed by atoms with Crippen LogP contribution in [0.3, 0.4) is 0 Å². The normalized spacial score (nSPS) is 12.0. The lowest BCUT2D eigenvalue weighted by Gasteiger charge is -2.05. The van der Waals surface area contributed by atoms with Gasteiger partial charge in [-0.15, -0.1) is 0 Å². The molecule has 32 heavy (non-hydrogen) atoms. The van der Waals surface area contributed by atoms with E-state index >= 15 is 0 Å². The van der Waals surface area contributed by atoms with Crippen molar-refractivity contribution < 1.29 is 13.2 Å². The molecular weight excluding hydrogens is 422 g/mol. The number of benzene rings is 2. The van der Waals surface area contributed by atoms with Crippen molar-refractivity contribution in [3.05, 3.63) is 65.2 Å². The number of carbonyl (C=O) groups is 1. The van der Waals surface area contributed by atoms with Crippen LogP contribution in [-0.4, -0.2) is 18.9 Å². The first-order valence-corrected chi connectivity index (χ1v) is 12.2. The summed E-state index contributed by atoms with van der Waals surface area (Å²) < 4.78 is 28.3. The van der Waals surface area contributed by atoms with Crippen LogP contribution < -0.4 is 5.32 Å². The first-order valence-electron chi connectivity index (χ1n) is 10.7. The number of rotatable bonds is 9. The predicted octanol–water partition coefficient (Wildman–Crippen LogP) is 5.52. The maximum atomic E-state index is 13.1. The van der Waals surface area contributed by atoms with E-state index in [1.54, 1.807) is 0 Å². The zero-order valence-corrected chi connectivity index (χ0v) is 19.2. The van der Waals surface area contributed by atoms with Crippen LogP contribution in [0.4, 0.5) is 5.69 Å². The van der Waals surface area contributed by atoms with Gasteiger partial charge in [-0.2, -0.15) is 5.26 Å².